The van der Waals surface area contributed by atoms with Crippen LogP contribution in [0.3, 0.4) is 0 Å². The van der Waals surface area contributed by atoms with Crippen LogP contribution in [0.2, 0.25) is 5.02 Å². The van der Waals surface area contributed by atoms with Gasteiger partial charge in [0, 0.05) is 17.0 Å². The summed E-state index contributed by atoms with van der Waals surface area (Å²) < 4.78 is 0. The highest BCUT2D eigenvalue weighted by atomic mass is 35.5. The molecule has 104 valence electrons. The first-order chi connectivity index (χ1) is 9.02. The number of anilines is 2. The highest BCUT2D eigenvalue weighted by Crippen LogP contribution is 2.35. The minimum atomic E-state index is -1.02. The predicted octanol–water partition coefficient (Wildman–Crippen LogP) is 3.32. The third kappa shape index (κ3) is 3.09. The van der Waals surface area contributed by atoms with Gasteiger partial charge in [-0.15, -0.1) is 0 Å². The van der Waals surface area contributed by atoms with Crippen molar-refractivity contribution < 1.29 is 9.90 Å². The van der Waals surface area contributed by atoms with Crippen molar-refractivity contribution in [3.8, 4) is 0 Å². The molecule has 1 aliphatic carbocycles. The zero-order valence-corrected chi connectivity index (χ0v) is 12.2. The summed E-state index contributed by atoms with van der Waals surface area (Å²) in [5.74, 6) is -1.02. The van der Waals surface area contributed by atoms with E-state index in [0.717, 1.165) is 19.3 Å². The third-order valence-electron chi connectivity index (χ3n) is 3.43. The number of halogens is 1. The first-order valence-electron chi connectivity index (χ1n) is 6.14. The van der Waals surface area contributed by atoms with Gasteiger partial charge in [0.1, 0.15) is 0 Å². The van der Waals surface area contributed by atoms with Gasteiger partial charge in [-0.25, -0.2) is 4.79 Å². The van der Waals surface area contributed by atoms with Crippen LogP contribution >= 0.6 is 23.4 Å². The van der Waals surface area contributed by atoms with Gasteiger partial charge in [0.15, 0.2) is 0 Å². The molecule has 2 unspecified atom stereocenters. The first kappa shape index (κ1) is 14.3. The summed E-state index contributed by atoms with van der Waals surface area (Å²) in [4.78, 5) is 11.3. The molecule has 0 spiro atoms. The summed E-state index contributed by atoms with van der Waals surface area (Å²) in [7, 11) is 0. The molecule has 4 N–H and O–H groups in total. The highest BCUT2D eigenvalue weighted by molar-refractivity contribution is 7.99. The van der Waals surface area contributed by atoms with Gasteiger partial charge < -0.3 is 16.2 Å². The van der Waals surface area contributed by atoms with Gasteiger partial charge in [-0.3, -0.25) is 0 Å². The lowest BCUT2D eigenvalue weighted by atomic mass is 10.1. The van der Waals surface area contributed by atoms with Crippen LogP contribution in [0.15, 0.2) is 12.1 Å². The third-order valence-corrected chi connectivity index (χ3v) is 4.90. The highest BCUT2D eigenvalue weighted by Gasteiger charge is 2.28. The summed E-state index contributed by atoms with van der Waals surface area (Å²) in [5, 5.41) is 13.4. The Bertz CT molecular complexity index is 496. The van der Waals surface area contributed by atoms with E-state index in [1.807, 2.05) is 0 Å². The fourth-order valence-corrected chi connectivity index (χ4v) is 3.72. The molecule has 19 heavy (non-hydrogen) atoms. The van der Waals surface area contributed by atoms with Crippen molar-refractivity contribution in [3.05, 3.63) is 22.7 Å². The van der Waals surface area contributed by atoms with Gasteiger partial charge in [-0.1, -0.05) is 18.0 Å². The Balaban J connectivity index is 2.31. The van der Waals surface area contributed by atoms with Gasteiger partial charge in [0.25, 0.3) is 0 Å². The van der Waals surface area contributed by atoms with Crippen molar-refractivity contribution in [3.63, 3.8) is 0 Å². The van der Waals surface area contributed by atoms with Crippen molar-refractivity contribution in [2.24, 2.45) is 0 Å². The number of carbonyl (C=O) groups is 1. The molecular formula is C13H17ClN2O2S. The zero-order valence-electron chi connectivity index (χ0n) is 10.6. The van der Waals surface area contributed by atoms with E-state index >= 15 is 0 Å². The lowest BCUT2D eigenvalue weighted by molar-refractivity contribution is 0.0698. The van der Waals surface area contributed by atoms with Crippen molar-refractivity contribution in [1.82, 2.24) is 0 Å². The van der Waals surface area contributed by atoms with Gasteiger partial charge in [-0.2, -0.15) is 11.8 Å². The summed E-state index contributed by atoms with van der Waals surface area (Å²) in [6.45, 7) is 0. The van der Waals surface area contributed by atoms with Crippen molar-refractivity contribution >= 4 is 40.7 Å². The maximum absolute atomic E-state index is 11.3. The number of benzene rings is 1. The van der Waals surface area contributed by atoms with E-state index in [1.165, 1.54) is 6.07 Å². The summed E-state index contributed by atoms with van der Waals surface area (Å²) in [6, 6.07) is 3.29. The van der Waals surface area contributed by atoms with Gasteiger partial charge >= 0.3 is 5.97 Å². The second-order valence-corrected chi connectivity index (χ2v) is 6.17. The minimum absolute atomic E-state index is 0.136. The number of rotatable bonds is 4. The predicted molar refractivity (Wildman–Crippen MR) is 81.4 cm³/mol. The summed E-state index contributed by atoms with van der Waals surface area (Å²) >= 11 is 7.94. The Morgan fingerprint density at radius 2 is 2.26 bits per heavy atom. The molecule has 1 saturated carbocycles. The van der Waals surface area contributed by atoms with E-state index in [9.17, 15) is 9.90 Å². The molecule has 2 rings (SSSR count). The second kappa shape index (κ2) is 5.92. The van der Waals surface area contributed by atoms with Gasteiger partial charge in [-0.05, 0) is 31.2 Å². The average Bonchev–Trinajstić information content (AvgIpc) is 2.79. The van der Waals surface area contributed by atoms with Crippen LogP contribution in [-0.2, 0) is 0 Å². The van der Waals surface area contributed by atoms with E-state index in [2.05, 4.69) is 11.6 Å². The maximum Gasteiger partial charge on any atom is 0.337 e. The number of nitrogens with two attached hydrogens (primary N) is 1. The second-order valence-electron chi connectivity index (χ2n) is 4.69. The number of aromatic carboxylic acids is 1. The van der Waals surface area contributed by atoms with Crippen molar-refractivity contribution in [2.45, 2.75) is 30.6 Å². The van der Waals surface area contributed by atoms with Crippen LogP contribution in [0.25, 0.3) is 0 Å². The number of carboxylic acids is 1. The fourth-order valence-electron chi connectivity index (χ4n) is 2.50. The number of nitrogen functional groups attached to an aromatic ring is 1. The molecule has 0 saturated heterocycles. The van der Waals surface area contributed by atoms with Gasteiger partial charge in [0.2, 0.25) is 0 Å². The molecule has 0 aromatic heterocycles. The molecule has 1 aromatic rings. The minimum Gasteiger partial charge on any atom is -0.478 e. The Labute approximate surface area is 121 Å². The summed E-state index contributed by atoms with van der Waals surface area (Å²) in [6.07, 6.45) is 5.41. The standard InChI is InChI=1S/C13H17ClN2O2S/c1-19-11-4-2-3-10(11)16-12-8(13(17)18)5-7(15)6-9(12)14/h5-6,10-11,16H,2-4,15H2,1H3,(H,17,18). The SMILES string of the molecule is CSC1CCCC1Nc1c(Cl)cc(N)cc1C(=O)O. The van der Waals surface area contributed by atoms with E-state index in [-0.39, 0.29) is 11.6 Å². The van der Waals surface area contributed by atoms with Crippen LogP contribution in [0.1, 0.15) is 29.6 Å². The van der Waals surface area contributed by atoms with E-state index in [1.54, 1.807) is 17.8 Å². The Morgan fingerprint density at radius 3 is 2.89 bits per heavy atom. The summed E-state index contributed by atoms with van der Waals surface area (Å²) in [5.41, 5.74) is 6.63. The first-order valence-corrected chi connectivity index (χ1v) is 7.81. The molecule has 0 radical (unpaired) electrons. The molecule has 1 aromatic carbocycles. The van der Waals surface area contributed by atoms with E-state index < -0.39 is 5.97 Å². The fraction of sp³-hybridized carbons (Fsp3) is 0.462. The van der Waals surface area contributed by atoms with Gasteiger partial charge in [0.05, 0.1) is 16.3 Å². The van der Waals surface area contributed by atoms with Crippen molar-refractivity contribution in [2.75, 3.05) is 17.3 Å². The Hall–Kier alpha value is -1.07. The maximum atomic E-state index is 11.3. The molecular weight excluding hydrogens is 284 g/mol. The lowest BCUT2D eigenvalue weighted by Crippen LogP contribution is -2.27. The molecule has 0 heterocycles. The quantitative estimate of drug-likeness (QED) is 0.744. The molecule has 1 fully saturated rings. The molecule has 0 aliphatic heterocycles. The van der Waals surface area contributed by atoms with Crippen LogP contribution in [0.4, 0.5) is 11.4 Å². The number of thioether (sulfide) groups is 1. The largest absolute Gasteiger partial charge is 0.478 e. The smallest absolute Gasteiger partial charge is 0.337 e. The van der Waals surface area contributed by atoms with Crippen LogP contribution in [0, 0.1) is 0 Å². The molecule has 4 nitrogen and oxygen atoms in total. The Kier molecular flexibility index (Phi) is 4.47. The number of hydrogen-bond donors (Lipinski definition) is 3. The number of carboxylic acid groups (broad SMARTS) is 1. The average molecular weight is 301 g/mol. The number of hydrogen-bond acceptors (Lipinski definition) is 4. The van der Waals surface area contributed by atoms with E-state index in [0.29, 0.717) is 21.6 Å². The molecule has 1 aliphatic rings. The van der Waals surface area contributed by atoms with Crippen molar-refractivity contribution in [1.29, 1.82) is 0 Å². The Morgan fingerprint density at radius 1 is 1.53 bits per heavy atom. The van der Waals surface area contributed by atoms with Crippen LogP contribution in [-0.4, -0.2) is 28.6 Å². The van der Waals surface area contributed by atoms with E-state index in [4.69, 9.17) is 17.3 Å². The molecule has 6 heteroatoms. The molecule has 0 amide bonds. The monoisotopic (exact) mass is 300 g/mol. The zero-order chi connectivity index (χ0) is 14.0. The van der Waals surface area contributed by atoms with Crippen LogP contribution in [0.5, 0.6) is 0 Å². The molecule has 0 bridgehead atoms. The topological polar surface area (TPSA) is 75.3 Å². The molecule has 2 atom stereocenters. The normalized spacial score (nSPS) is 22.4. The lowest BCUT2D eigenvalue weighted by Gasteiger charge is -2.22. The number of nitrogens with one attached hydrogen (secondary N) is 1. The van der Waals surface area contributed by atoms with Crippen LogP contribution < -0.4 is 11.1 Å².